The van der Waals surface area contributed by atoms with Crippen LogP contribution in [0.4, 0.5) is 18.9 Å². The van der Waals surface area contributed by atoms with E-state index < -0.39 is 29.0 Å². The van der Waals surface area contributed by atoms with E-state index >= 15 is 0 Å². The monoisotopic (exact) mass is 378 g/mol. The number of benzene rings is 2. The van der Waals surface area contributed by atoms with E-state index in [9.17, 15) is 22.8 Å². The zero-order valence-corrected chi connectivity index (χ0v) is 15.3. The fourth-order valence-electron chi connectivity index (χ4n) is 2.45. The van der Waals surface area contributed by atoms with Crippen molar-refractivity contribution in [3.05, 3.63) is 65.2 Å². The second-order valence-corrected chi connectivity index (χ2v) is 6.79. The van der Waals surface area contributed by atoms with Crippen LogP contribution in [0.5, 0.6) is 0 Å². The highest BCUT2D eigenvalue weighted by Gasteiger charge is 2.38. The second kappa shape index (κ2) is 7.82. The Balaban J connectivity index is 2.09. The van der Waals surface area contributed by atoms with Crippen LogP contribution in [0, 0.1) is 12.3 Å². The van der Waals surface area contributed by atoms with Crippen LogP contribution in [0.25, 0.3) is 0 Å². The van der Waals surface area contributed by atoms with Crippen LogP contribution in [0.15, 0.2) is 48.5 Å². The molecule has 7 heteroatoms. The van der Waals surface area contributed by atoms with Crippen LogP contribution in [-0.2, 0) is 22.3 Å². The Morgan fingerprint density at radius 3 is 2.26 bits per heavy atom. The van der Waals surface area contributed by atoms with Gasteiger partial charge in [-0.25, -0.2) is 0 Å². The van der Waals surface area contributed by atoms with Gasteiger partial charge in [-0.05, 0) is 38.5 Å². The molecule has 0 aliphatic heterocycles. The molecule has 0 aliphatic carbocycles. The first kappa shape index (κ1) is 20.5. The number of alkyl halides is 3. The van der Waals surface area contributed by atoms with Crippen LogP contribution < -0.4 is 10.6 Å². The van der Waals surface area contributed by atoms with E-state index in [0.717, 1.165) is 23.3 Å². The second-order valence-electron chi connectivity index (χ2n) is 6.79. The fourth-order valence-corrected chi connectivity index (χ4v) is 2.45. The van der Waals surface area contributed by atoms with Gasteiger partial charge in [-0.1, -0.05) is 42.0 Å². The highest BCUT2D eigenvalue weighted by atomic mass is 19.4. The van der Waals surface area contributed by atoms with Gasteiger partial charge in [0.25, 0.3) is 0 Å². The lowest BCUT2D eigenvalue weighted by molar-refractivity contribution is -0.138. The standard InChI is InChI=1S/C20H21F3N2O2/c1-13-7-6-8-14(11-13)12-24-17(26)19(2,3)18(27)25-16-10-5-4-9-15(16)20(21,22)23/h4-11H,12H2,1-3H3,(H,24,26)(H,25,27). The topological polar surface area (TPSA) is 58.2 Å². The molecule has 0 saturated carbocycles. The number of aryl methyl sites for hydroxylation is 1. The summed E-state index contributed by atoms with van der Waals surface area (Å²) in [4.78, 5) is 24.9. The Hall–Kier alpha value is -2.83. The minimum absolute atomic E-state index is 0.219. The maximum atomic E-state index is 13.1. The van der Waals surface area contributed by atoms with Crippen LogP contribution in [0.1, 0.15) is 30.5 Å². The van der Waals surface area contributed by atoms with Crippen molar-refractivity contribution < 1.29 is 22.8 Å². The van der Waals surface area contributed by atoms with Gasteiger partial charge < -0.3 is 10.6 Å². The molecule has 0 aromatic heterocycles. The van der Waals surface area contributed by atoms with Crippen molar-refractivity contribution in [2.24, 2.45) is 5.41 Å². The highest BCUT2D eigenvalue weighted by molar-refractivity contribution is 6.10. The van der Waals surface area contributed by atoms with E-state index in [4.69, 9.17) is 0 Å². The summed E-state index contributed by atoms with van der Waals surface area (Å²) in [5.41, 5.74) is -1.00. The normalized spacial score (nSPS) is 11.8. The Morgan fingerprint density at radius 2 is 1.63 bits per heavy atom. The van der Waals surface area contributed by atoms with Crippen molar-refractivity contribution in [3.63, 3.8) is 0 Å². The van der Waals surface area contributed by atoms with Gasteiger partial charge in [0.1, 0.15) is 5.41 Å². The molecule has 0 spiro atoms. The molecule has 2 rings (SSSR count). The van der Waals surface area contributed by atoms with Crippen molar-refractivity contribution in [3.8, 4) is 0 Å². The molecule has 2 aromatic rings. The molecule has 2 amide bonds. The maximum absolute atomic E-state index is 13.1. The third kappa shape index (κ3) is 5.09. The number of hydrogen-bond donors (Lipinski definition) is 2. The van der Waals surface area contributed by atoms with E-state index in [1.807, 2.05) is 31.2 Å². The molecule has 0 heterocycles. The van der Waals surface area contributed by atoms with Gasteiger partial charge in [0.2, 0.25) is 11.8 Å². The molecule has 0 unspecified atom stereocenters. The van der Waals surface area contributed by atoms with Crippen LogP contribution in [0.3, 0.4) is 0 Å². The number of carbonyl (C=O) groups excluding carboxylic acids is 2. The summed E-state index contributed by atoms with van der Waals surface area (Å²) in [6.07, 6.45) is -4.61. The zero-order valence-electron chi connectivity index (χ0n) is 15.3. The van der Waals surface area contributed by atoms with Crippen molar-refractivity contribution in [1.82, 2.24) is 5.32 Å². The molecular formula is C20H21F3N2O2. The molecule has 144 valence electrons. The predicted molar refractivity (Wildman–Crippen MR) is 96.9 cm³/mol. The first-order valence-corrected chi connectivity index (χ1v) is 8.33. The molecule has 0 atom stereocenters. The number of carbonyl (C=O) groups is 2. The van der Waals surface area contributed by atoms with Gasteiger partial charge in [-0.2, -0.15) is 13.2 Å². The number of hydrogen-bond acceptors (Lipinski definition) is 2. The molecule has 2 aromatic carbocycles. The Morgan fingerprint density at radius 1 is 0.963 bits per heavy atom. The molecule has 0 saturated heterocycles. The van der Waals surface area contributed by atoms with E-state index in [2.05, 4.69) is 10.6 Å². The zero-order chi connectivity index (χ0) is 20.2. The van der Waals surface area contributed by atoms with Gasteiger partial charge in [0.15, 0.2) is 0 Å². The number of rotatable bonds is 5. The van der Waals surface area contributed by atoms with E-state index in [-0.39, 0.29) is 12.2 Å². The number of amides is 2. The number of anilines is 1. The Labute approximate surface area is 155 Å². The summed E-state index contributed by atoms with van der Waals surface area (Å²) in [5, 5.41) is 4.88. The maximum Gasteiger partial charge on any atom is 0.418 e. The van der Waals surface area contributed by atoms with Crippen LogP contribution in [-0.4, -0.2) is 11.8 Å². The number of para-hydroxylation sites is 1. The number of nitrogens with one attached hydrogen (secondary N) is 2. The molecule has 27 heavy (non-hydrogen) atoms. The van der Waals surface area contributed by atoms with Gasteiger partial charge >= 0.3 is 6.18 Å². The lowest BCUT2D eigenvalue weighted by Crippen LogP contribution is -2.45. The summed E-state index contributed by atoms with van der Waals surface area (Å²) in [5.74, 6) is -1.40. The largest absolute Gasteiger partial charge is 0.418 e. The third-order valence-corrected chi connectivity index (χ3v) is 4.15. The first-order valence-electron chi connectivity index (χ1n) is 8.33. The molecule has 0 radical (unpaired) electrons. The smallest absolute Gasteiger partial charge is 0.351 e. The lowest BCUT2D eigenvalue weighted by Gasteiger charge is -2.24. The van der Waals surface area contributed by atoms with Crippen molar-refractivity contribution >= 4 is 17.5 Å². The highest BCUT2D eigenvalue weighted by Crippen LogP contribution is 2.35. The molecular weight excluding hydrogens is 357 g/mol. The number of halogens is 3. The first-order chi connectivity index (χ1) is 12.5. The lowest BCUT2D eigenvalue weighted by atomic mass is 9.90. The van der Waals surface area contributed by atoms with E-state index in [1.165, 1.54) is 26.0 Å². The quantitative estimate of drug-likeness (QED) is 0.763. The minimum atomic E-state index is -4.61. The Bertz CT molecular complexity index is 845. The minimum Gasteiger partial charge on any atom is -0.351 e. The van der Waals surface area contributed by atoms with Crippen LogP contribution >= 0.6 is 0 Å². The summed E-state index contributed by atoms with van der Waals surface area (Å²) < 4.78 is 39.2. The molecule has 2 N–H and O–H groups in total. The SMILES string of the molecule is Cc1cccc(CNC(=O)C(C)(C)C(=O)Nc2ccccc2C(F)(F)F)c1. The molecule has 0 bridgehead atoms. The van der Waals surface area contributed by atoms with Gasteiger partial charge in [-0.15, -0.1) is 0 Å². The average molecular weight is 378 g/mol. The van der Waals surface area contributed by atoms with Crippen molar-refractivity contribution in [2.75, 3.05) is 5.32 Å². The van der Waals surface area contributed by atoms with Crippen LogP contribution in [0.2, 0.25) is 0 Å². The summed E-state index contributed by atoms with van der Waals surface area (Å²) in [6.45, 7) is 4.87. The fraction of sp³-hybridized carbons (Fsp3) is 0.300. The van der Waals surface area contributed by atoms with Crippen molar-refractivity contribution in [1.29, 1.82) is 0 Å². The van der Waals surface area contributed by atoms with E-state index in [0.29, 0.717) is 0 Å². The Kier molecular flexibility index (Phi) is 5.93. The van der Waals surface area contributed by atoms with E-state index in [1.54, 1.807) is 0 Å². The van der Waals surface area contributed by atoms with Gasteiger partial charge in [-0.3, -0.25) is 9.59 Å². The summed E-state index contributed by atoms with van der Waals surface area (Å²) in [7, 11) is 0. The third-order valence-electron chi connectivity index (χ3n) is 4.15. The van der Waals surface area contributed by atoms with Gasteiger partial charge in [0.05, 0.1) is 11.3 Å². The average Bonchev–Trinajstić information content (AvgIpc) is 2.59. The summed E-state index contributed by atoms with van der Waals surface area (Å²) >= 11 is 0. The molecule has 0 aliphatic rings. The molecule has 4 nitrogen and oxygen atoms in total. The van der Waals surface area contributed by atoms with Gasteiger partial charge in [0, 0.05) is 6.54 Å². The predicted octanol–water partition coefficient (Wildman–Crippen LogP) is 4.29. The summed E-state index contributed by atoms with van der Waals surface area (Å²) in [6, 6.07) is 12.1. The van der Waals surface area contributed by atoms with Crippen molar-refractivity contribution in [2.45, 2.75) is 33.5 Å². The molecule has 0 fully saturated rings.